The number of phenols is 1. The average Bonchev–Trinajstić information content (AvgIpc) is 2.67. The van der Waals surface area contributed by atoms with Crippen molar-refractivity contribution in [2.24, 2.45) is 0 Å². The number of phenolic OH excluding ortho intramolecular Hbond substituents is 1. The van der Waals surface area contributed by atoms with Crippen LogP contribution in [-0.4, -0.2) is 17.1 Å². The molecule has 33 heavy (non-hydrogen) atoms. The predicted octanol–water partition coefficient (Wildman–Crippen LogP) is 6.56. The topological polar surface area (TPSA) is 87.7 Å². The van der Waals surface area contributed by atoms with E-state index in [1.807, 2.05) is 60.6 Å². The number of benzene rings is 2. The van der Waals surface area contributed by atoms with E-state index in [4.69, 9.17) is 4.74 Å². The van der Waals surface area contributed by atoms with Gasteiger partial charge < -0.3 is 15.2 Å². The van der Waals surface area contributed by atoms with Crippen molar-refractivity contribution in [3.05, 3.63) is 64.7 Å². The molecular formula is C27H36N2O4. The smallest absolute Gasteiger partial charge is 0.411 e. The van der Waals surface area contributed by atoms with Crippen LogP contribution in [0.2, 0.25) is 0 Å². The highest BCUT2D eigenvalue weighted by Gasteiger charge is 2.26. The van der Waals surface area contributed by atoms with Gasteiger partial charge in [0.05, 0.1) is 0 Å². The molecule has 0 aliphatic rings. The van der Waals surface area contributed by atoms with Crippen LogP contribution in [0.4, 0.5) is 16.2 Å². The fourth-order valence-corrected chi connectivity index (χ4v) is 3.29. The Morgan fingerprint density at radius 3 is 2.00 bits per heavy atom. The van der Waals surface area contributed by atoms with E-state index in [-0.39, 0.29) is 29.1 Å². The van der Waals surface area contributed by atoms with Gasteiger partial charge in [0, 0.05) is 16.9 Å². The first kappa shape index (κ1) is 26.0. The molecule has 2 amide bonds. The fourth-order valence-electron chi connectivity index (χ4n) is 3.29. The van der Waals surface area contributed by atoms with E-state index < -0.39 is 6.09 Å². The van der Waals surface area contributed by atoms with E-state index in [1.165, 1.54) is 0 Å². The summed E-state index contributed by atoms with van der Waals surface area (Å²) >= 11 is 0. The van der Waals surface area contributed by atoms with Crippen LogP contribution < -0.4 is 10.6 Å². The highest BCUT2D eigenvalue weighted by atomic mass is 16.5. The van der Waals surface area contributed by atoms with E-state index in [2.05, 4.69) is 17.2 Å². The highest BCUT2D eigenvalue weighted by molar-refractivity contribution is 6.03. The number of ether oxygens (including phenoxy) is 1. The van der Waals surface area contributed by atoms with Crippen LogP contribution in [0, 0.1) is 6.92 Å². The minimum atomic E-state index is -0.607. The number of anilines is 2. The average molecular weight is 453 g/mol. The molecule has 0 bridgehead atoms. The monoisotopic (exact) mass is 452 g/mol. The van der Waals surface area contributed by atoms with E-state index in [0.717, 1.165) is 22.3 Å². The molecule has 3 N–H and O–H groups in total. The van der Waals surface area contributed by atoms with Gasteiger partial charge in [0.2, 0.25) is 0 Å². The summed E-state index contributed by atoms with van der Waals surface area (Å²) in [5.74, 6) is -0.00327. The van der Waals surface area contributed by atoms with Crippen molar-refractivity contribution >= 4 is 23.4 Å². The Morgan fingerprint density at radius 1 is 0.970 bits per heavy atom. The van der Waals surface area contributed by atoms with Crippen molar-refractivity contribution in [3.63, 3.8) is 0 Å². The zero-order valence-corrected chi connectivity index (χ0v) is 21.0. The third kappa shape index (κ3) is 6.85. The minimum absolute atomic E-state index is 0.0589. The number of nitrogens with one attached hydrogen (secondary N) is 2. The summed E-state index contributed by atoms with van der Waals surface area (Å²) in [5, 5.41) is 16.3. The lowest BCUT2D eigenvalue weighted by Crippen LogP contribution is -2.19. The summed E-state index contributed by atoms with van der Waals surface area (Å²) in [5.41, 5.74) is 4.19. The standard InChI is InChI=1S/C27H36N2O4/c1-16(2)24(31)28-19-11-10-17(3)22(14-19)29-25(32)33-15-18-12-20(26(4,5)6)23(30)21(13-18)27(7,8)9/h10-14,30H,1,15H2,2-9H3,(H,28,31)(H,29,32). The van der Waals surface area contributed by atoms with Crippen molar-refractivity contribution < 1.29 is 19.4 Å². The van der Waals surface area contributed by atoms with Gasteiger partial charge in [0.1, 0.15) is 12.4 Å². The van der Waals surface area contributed by atoms with Crippen molar-refractivity contribution in [2.75, 3.05) is 10.6 Å². The molecule has 2 aromatic carbocycles. The third-order valence-corrected chi connectivity index (χ3v) is 5.28. The summed E-state index contributed by atoms with van der Waals surface area (Å²) < 4.78 is 5.49. The quantitative estimate of drug-likeness (QED) is 0.448. The minimum Gasteiger partial charge on any atom is -0.507 e. The molecular weight excluding hydrogens is 416 g/mol. The van der Waals surface area contributed by atoms with Crippen LogP contribution in [0.3, 0.4) is 0 Å². The summed E-state index contributed by atoms with van der Waals surface area (Å²) in [4.78, 5) is 24.4. The second kappa shape index (κ2) is 9.69. The van der Waals surface area contributed by atoms with Crippen LogP contribution in [0.5, 0.6) is 5.75 Å². The molecule has 0 saturated heterocycles. The number of carbonyl (C=O) groups is 2. The molecule has 0 unspecified atom stereocenters. The largest absolute Gasteiger partial charge is 0.507 e. The second-order valence-corrected chi connectivity index (χ2v) is 10.5. The maximum absolute atomic E-state index is 12.5. The lowest BCUT2D eigenvalue weighted by molar-refractivity contribution is -0.112. The van der Waals surface area contributed by atoms with E-state index in [0.29, 0.717) is 16.9 Å². The Labute approximate surface area is 197 Å². The Bertz CT molecular complexity index is 1040. The van der Waals surface area contributed by atoms with Gasteiger partial charge in [-0.2, -0.15) is 0 Å². The van der Waals surface area contributed by atoms with E-state index in [1.54, 1.807) is 25.1 Å². The summed E-state index contributed by atoms with van der Waals surface area (Å²) in [6.45, 7) is 19.4. The highest BCUT2D eigenvalue weighted by Crippen LogP contribution is 2.39. The first-order valence-corrected chi connectivity index (χ1v) is 11.0. The Hall–Kier alpha value is -3.28. The molecule has 178 valence electrons. The molecule has 0 aliphatic heterocycles. The lowest BCUT2D eigenvalue weighted by Gasteiger charge is -2.28. The van der Waals surface area contributed by atoms with Crippen LogP contribution in [0.15, 0.2) is 42.5 Å². The molecule has 0 spiro atoms. The zero-order chi connectivity index (χ0) is 25.1. The van der Waals surface area contributed by atoms with Crippen molar-refractivity contribution in [1.29, 1.82) is 0 Å². The van der Waals surface area contributed by atoms with Crippen LogP contribution in [-0.2, 0) is 27.0 Å². The number of hydrogen-bond donors (Lipinski definition) is 3. The van der Waals surface area contributed by atoms with Gasteiger partial charge in [-0.05, 0) is 71.2 Å². The number of carbonyl (C=O) groups excluding carboxylic acids is 2. The van der Waals surface area contributed by atoms with Crippen LogP contribution in [0.1, 0.15) is 70.7 Å². The SMILES string of the molecule is C=C(C)C(=O)Nc1ccc(C)c(NC(=O)OCc2cc(C(C)(C)C)c(O)c(C(C)(C)C)c2)c1. The fraction of sp³-hybridized carbons (Fsp3) is 0.407. The van der Waals surface area contributed by atoms with E-state index >= 15 is 0 Å². The lowest BCUT2D eigenvalue weighted by atomic mass is 9.78. The Balaban J connectivity index is 2.20. The van der Waals surface area contributed by atoms with Crippen molar-refractivity contribution in [3.8, 4) is 5.75 Å². The Morgan fingerprint density at radius 2 is 1.52 bits per heavy atom. The molecule has 0 aromatic heterocycles. The molecule has 6 heteroatoms. The summed E-state index contributed by atoms with van der Waals surface area (Å²) in [6.07, 6.45) is -0.607. The summed E-state index contributed by atoms with van der Waals surface area (Å²) in [7, 11) is 0. The predicted molar refractivity (Wildman–Crippen MR) is 134 cm³/mol. The Kier molecular flexibility index (Phi) is 7.63. The van der Waals surface area contributed by atoms with Gasteiger partial charge in [0.25, 0.3) is 5.91 Å². The van der Waals surface area contributed by atoms with Crippen molar-refractivity contribution in [2.45, 2.75) is 72.8 Å². The number of hydrogen-bond acceptors (Lipinski definition) is 4. The maximum atomic E-state index is 12.5. The van der Waals surface area contributed by atoms with Crippen LogP contribution in [0.25, 0.3) is 0 Å². The molecule has 2 rings (SSSR count). The molecule has 0 aliphatic carbocycles. The summed E-state index contributed by atoms with van der Waals surface area (Å²) in [6, 6.07) is 9.00. The van der Waals surface area contributed by atoms with Gasteiger partial charge in [0.15, 0.2) is 0 Å². The maximum Gasteiger partial charge on any atom is 0.411 e. The molecule has 0 fully saturated rings. The van der Waals surface area contributed by atoms with Gasteiger partial charge >= 0.3 is 6.09 Å². The number of rotatable bonds is 5. The number of aryl methyl sites for hydroxylation is 1. The molecule has 2 aromatic rings. The number of aromatic hydroxyl groups is 1. The molecule has 6 nitrogen and oxygen atoms in total. The second-order valence-electron chi connectivity index (χ2n) is 10.5. The molecule has 0 radical (unpaired) electrons. The normalized spacial score (nSPS) is 11.6. The number of amides is 2. The van der Waals surface area contributed by atoms with Gasteiger partial charge in [-0.15, -0.1) is 0 Å². The molecule has 0 saturated carbocycles. The zero-order valence-electron chi connectivity index (χ0n) is 21.0. The third-order valence-electron chi connectivity index (χ3n) is 5.28. The van der Waals surface area contributed by atoms with Gasteiger partial charge in [-0.3, -0.25) is 10.1 Å². The molecule has 0 heterocycles. The van der Waals surface area contributed by atoms with Gasteiger partial charge in [-0.25, -0.2) is 4.79 Å². The first-order chi connectivity index (χ1) is 15.1. The van der Waals surface area contributed by atoms with Gasteiger partial charge in [-0.1, -0.05) is 54.2 Å². The van der Waals surface area contributed by atoms with E-state index in [9.17, 15) is 14.7 Å². The molecule has 0 atom stereocenters. The first-order valence-electron chi connectivity index (χ1n) is 11.0. The van der Waals surface area contributed by atoms with Crippen LogP contribution >= 0.6 is 0 Å². The van der Waals surface area contributed by atoms with Crippen molar-refractivity contribution in [1.82, 2.24) is 0 Å².